The number of aliphatic hydroxyl groups is 3. The Morgan fingerprint density at radius 2 is 2.15 bits per heavy atom. The van der Waals surface area contributed by atoms with Gasteiger partial charge in [-0.25, -0.2) is 14.6 Å². The van der Waals surface area contributed by atoms with Crippen molar-refractivity contribution in [3.05, 3.63) is 12.5 Å². The molecule has 9 nitrogen and oxygen atoms in total. The first-order valence-electron chi connectivity index (χ1n) is 6.02. The van der Waals surface area contributed by atoms with Crippen LogP contribution in [0.25, 0.3) is 11.0 Å². The third kappa shape index (κ3) is 1.83. The van der Waals surface area contributed by atoms with Gasteiger partial charge in [0.1, 0.15) is 30.0 Å². The van der Waals surface area contributed by atoms with Gasteiger partial charge in [0.25, 0.3) is 0 Å². The molecule has 108 valence electrons. The topological polar surface area (TPSA) is 123 Å². The third-order valence-corrected chi connectivity index (χ3v) is 3.31. The lowest BCUT2D eigenvalue weighted by Crippen LogP contribution is -2.33. The van der Waals surface area contributed by atoms with Gasteiger partial charge in [-0.05, 0) is 0 Å². The summed E-state index contributed by atoms with van der Waals surface area (Å²) in [7, 11) is 1.48. The molecule has 0 saturated carbocycles. The van der Waals surface area contributed by atoms with Crippen molar-refractivity contribution in [2.75, 3.05) is 13.7 Å². The summed E-state index contributed by atoms with van der Waals surface area (Å²) in [5.41, 5.74) is 0.409. The second-order valence-electron chi connectivity index (χ2n) is 4.44. The molecular weight excluding hydrogens is 268 g/mol. The monoisotopic (exact) mass is 282 g/mol. The molecule has 1 aliphatic heterocycles. The van der Waals surface area contributed by atoms with Gasteiger partial charge in [-0.2, -0.15) is 5.10 Å². The van der Waals surface area contributed by atoms with Crippen LogP contribution in [0.15, 0.2) is 12.5 Å². The number of methoxy groups -OCH3 is 1. The summed E-state index contributed by atoms with van der Waals surface area (Å²) in [5, 5.41) is 33.5. The van der Waals surface area contributed by atoms with Crippen LogP contribution >= 0.6 is 0 Å². The van der Waals surface area contributed by atoms with Crippen LogP contribution in [-0.2, 0) is 4.74 Å². The lowest BCUT2D eigenvalue weighted by molar-refractivity contribution is -0.0566. The van der Waals surface area contributed by atoms with Gasteiger partial charge in [-0.3, -0.25) is 0 Å². The van der Waals surface area contributed by atoms with Gasteiger partial charge in [0, 0.05) is 0 Å². The molecule has 0 aliphatic carbocycles. The Morgan fingerprint density at radius 3 is 2.80 bits per heavy atom. The van der Waals surface area contributed by atoms with Crippen LogP contribution < -0.4 is 4.74 Å². The highest BCUT2D eigenvalue weighted by molar-refractivity contribution is 5.79. The SMILES string of the molecule is COc1ncnc2c1cnn2[C@H]1O[C@H](CO)[C@@H](O)[C@@H]1O. The number of hydrogen-bond acceptors (Lipinski definition) is 8. The number of fused-ring (bicyclic) bond motifs is 1. The van der Waals surface area contributed by atoms with Gasteiger partial charge in [0.15, 0.2) is 11.9 Å². The highest BCUT2D eigenvalue weighted by atomic mass is 16.6. The maximum Gasteiger partial charge on any atom is 0.227 e. The summed E-state index contributed by atoms with van der Waals surface area (Å²) in [4.78, 5) is 8.03. The molecule has 3 N–H and O–H groups in total. The van der Waals surface area contributed by atoms with Crippen molar-refractivity contribution in [1.82, 2.24) is 19.7 Å². The minimum atomic E-state index is -1.21. The molecule has 1 aliphatic rings. The molecule has 4 atom stereocenters. The summed E-state index contributed by atoms with van der Waals surface area (Å²) < 4.78 is 11.8. The van der Waals surface area contributed by atoms with Gasteiger partial charge in [0.2, 0.25) is 5.88 Å². The van der Waals surface area contributed by atoms with E-state index in [-0.39, 0.29) is 0 Å². The summed E-state index contributed by atoms with van der Waals surface area (Å²) in [6, 6.07) is 0. The van der Waals surface area contributed by atoms with Crippen molar-refractivity contribution >= 4 is 11.0 Å². The molecule has 0 radical (unpaired) electrons. The average molecular weight is 282 g/mol. The number of aromatic nitrogens is 4. The van der Waals surface area contributed by atoms with E-state index in [0.717, 1.165) is 0 Å². The second-order valence-corrected chi connectivity index (χ2v) is 4.44. The van der Waals surface area contributed by atoms with E-state index in [4.69, 9.17) is 14.6 Å². The fraction of sp³-hybridized carbons (Fsp3) is 0.545. The van der Waals surface area contributed by atoms with E-state index in [9.17, 15) is 10.2 Å². The Labute approximate surface area is 113 Å². The molecule has 3 heterocycles. The van der Waals surface area contributed by atoms with E-state index in [1.807, 2.05) is 0 Å². The zero-order valence-corrected chi connectivity index (χ0v) is 10.6. The molecule has 9 heteroatoms. The number of nitrogens with zero attached hydrogens (tertiary/aromatic N) is 4. The minimum absolute atomic E-state index is 0.355. The van der Waals surface area contributed by atoms with Crippen LogP contribution in [0.3, 0.4) is 0 Å². The summed E-state index contributed by atoms with van der Waals surface area (Å²) >= 11 is 0. The summed E-state index contributed by atoms with van der Waals surface area (Å²) in [5.74, 6) is 0.355. The van der Waals surface area contributed by atoms with Crippen LogP contribution in [-0.4, -0.2) is 67.1 Å². The van der Waals surface area contributed by atoms with Gasteiger partial charge in [-0.1, -0.05) is 0 Å². The largest absolute Gasteiger partial charge is 0.480 e. The molecule has 0 aromatic carbocycles. The predicted molar refractivity (Wildman–Crippen MR) is 64.9 cm³/mol. The minimum Gasteiger partial charge on any atom is -0.480 e. The quantitative estimate of drug-likeness (QED) is 0.618. The number of hydrogen-bond donors (Lipinski definition) is 3. The van der Waals surface area contributed by atoms with Gasteiger partial charge < -0.3 is 24.8 Å². The zero-order chi connectivity index (χ0) is 14.3. The lowest BCUT2D eigenvalue weighted by atomic mass is 10.1. The van der Waals surface area contributed by atoms with E-state index in [2.05, 4.69) is 15.1 Å². The molecule has 0 unspecified atom stereocenters. The Kier molecular flexibility index (Phi) is 3.26. The molecule has 0 spiro atoms. The van der Waals surface area contributed by atoms with E-state index >= 15 is 0 Å². The zero-order valence-electron chi connectivity index (χ0n) is 10.6. The highest BCUT2D eigenvalue weighted by Crippen LogP contribution is 2.32. The van der Waals surface area contributed by atoms with E-state index in [0.29, 0.717) is 16.9 Å². The smallest absolute Gasteiger partial charge is 0.227 e. The standard InChI is InChI=1S/C11H14N4O5/c1-19-10-5-2-14-15(9(5)12-4-13-10)11-8(18)7(17)6(3-16)20-11/h2,4,6-8,11,16-18H,3H2,1H3/t6-,7-,8+,11+/m1/s1. The van der Waals surface area contributed by atoms with Crippen LogP contribution in [0, 0.1) is 0 Å². The fourth-order valence-corrected chi connectivity index (χ4v) is 2.27. The maximum atomic E-state index is 10.00. The van der Waals surface area contributed by atoms with Gasteiger partial charge >= 0.3 is 0 Å². The molecule has 2 aromatic rings. The molecule has 1 fully saturated rings. The van der Waals surface area contributed by atoms with Crippen molar-refractivity contribution in [2.45, 2.75) is 24.5 Å². The Balaban J connectivity index is 2.03. The fourth-order valence-electron chi connectivity index (χ4n) is 2.27. The van der Waals surface area contributed by atoms with E-state index < -0.39 is 31.1 Å². The molecular formula is C11H14N4O5. The van der Waals surface area contributed by atoms with Crippen molar-refractivity contribution in [3.63, 3.8) is 0 Å². The van der Waals surface area contributed by atoms with Crippen LogP contribution in [0.2, 0.25) is 0 Å². The average Bonchev–Trinajstić information content (AvgIpc) is 3.01. The number of rotatable bonds is 3. The van der Waals surface area contributed by atoms with Crippen LogP contribution in [0.4, 0.5) is 0 Å². The van der Waals surface area contributed by atoms with Crippen LogP contribution in [0.1, 0.15) is 6.23 Å². The predicted octanol–water partition coefficient (Wildman–Crippen LogP) is -1.55. The molecule has 1 saturated heterocycles. The third-order valence-electron chi connectivity index (χ3n) is 3.31. The van der Waals surface area contributed by atoms with Crippen molar-refractivity contribution in [3.8, 4) is 5.88 Å². The summed E-state index contributed by atoms with van der Waals surface area (Å²) in [6.07, 6.45) is -1.40. The first kappa shape index (κ1) is 13.2. The first-order valence-corrected chi connectivity index (χ1v) is 6.02. The van der Waals surface area contributed by atoms with Gasteiger partial charge in [-0.15, -0.1) is 0 Å². The first-order chi connectivity index (χ1) is 9.67. The molecule has 3 rings (SSSR count). The van der Waals surface area contributed by atoms with Crippen molar-refractivity contribution in [1.29, 1.82) is 0 Å². The molecule has 20 heavy (non-hydrogen) atoms. The molecule has 2 aromatic heterocycles. The Hall–Kier alpha value is -1.81. The second kappa shape index (κ2) is 4.94. The van der Waals surface area contributed by atoms with Crippen molar-refractivity contribution in [2.24, 2.45) is 0 Å². The lowest BCUT2D eigenvalue weighted by Gasteiger charge is -2.15. The number of ether oxygens (including phenoxy) is 2. The maximum absolute atomic E-state index is 10.00. The molecule has 0 amide bonds. The highest BCUT2D eigenvalue weighted by Gasteiger charge is 2.44. The van der Waals surface area contributed by atoms with Crippen molar-refractivity contribution < 1.29 is 24.8 Å². The Bertz CT molecular complexity index is 618. The van der Waals surface area contributed by atoms with Crippen LogP contribution in [0.5, 0.6) is 5.88 Å². The van der Waals surface area contributed by atoms with Gasteiger partial charge in [0.05, 0.1) is 19.9 Å². The number of aliphatic hydroxyl groups excluding tert-OH is 3. The molecule has 0 bridgehead atoms. The van der Waals surface area contributed by atoms with E-state index in [1.165, 1.54) is 24.3 Å². The normalized spacial score (nSPS) is 30.0. The Morgan fingerprint density at radius 1 is 1.35 bits per heavy atom. The van der Waals surface area contributed by atoms with E-state index in [1.54, 1.807) is 0 Å². The summed E-state index contributed by atoms with van der Waals surface area (Å²) in [6.45, 7) is -0.397.